The molecule has 0 aromatic carbocycles. The molecule has 1 aromatic heterocycles. The van der Waals surface area contributed by atoms with Crippen molar-refractivity contribution in [1.82, 2.24) is 14.5 Å². The molecule has 1 atom stereocenters. The van der Waals surface area contributed by atoms with E-state index in [1.807, 2.05) is 4.57 Å². The van der Waals surface area contributed by atoms with Gasteiger partial charge in [0.15, 0.2) is 0 Å². The quantitative estimate of drug-likeness (QED) is 0.629. The molecule has 1 fully saturated rings. The van der Waals surface area contributed by atoms with E-state index in [0.717, 1.165) is 39.3 Å². The summed E-state index contributed by atoms with van der Waals surface area (Å²) in [6, 6.07) is 0. The summed E-state index contributed by atoms with van der Waals surface area (Å²) in [5.74, 6) is 0.992. The van der Waals surface area contributed by atoms with Crippen molar-refractivity contribution in [1.29, 1.82) is 0 Å². The van der Waals surface area contributed by atoms with Crippen LogP contribution < -0.4 is 11.5 Å². The number of nitrogen functional groups attached to an aromatic ring is 1. The maximum atomic E-state index is 6.21. The Labute approximate surface area is 138 Å². The minimum atomic E-state index is 0.0473. The maximum Gasteiger partial charge on any atom is 0.150 e. The van der Waals surface area contributed by atoms with Crippen LogP contribution in [-0.2, 0) is 11.3 Å². The van der Waals surface area contributed by atoms with Crippen LogP contribution in [0, 0.1) is 5.41 Å². The van der Waals surface area contributed by atoms with Gasteiger partial charge in [-0.1, -0.05) is 27.7 Å². The lowest BCUT2D eigenvalue weighted by molar-refractivity contribution is 0.0176. The molecule has 1 aliphatic heterocycles. The molecule has 2 heterocycles. The fourth-order valence-electron chi connectivity index (χ4n) is 2.75. The van der Waals surface area contributed by atoms with Gasteiger partial charge in [0.25, 0.3) is 0 Å². The van der Waals surface area contributed by atoms with Crippen LogP contribution in [0.2, 0.25) is 0 Å². The van der Waals surface area contributed by atoms with Gasteiger partial charge < -0.3 is 20.8 Å². The Bertz CT molecular complexity index is 539. The van der Waals surface area contributed by atoms with Crippen molar-refractivity contribution in [3.63, 3.8) is 0 Å². The third kappa shape index (κ3) is 4.68. The summed E-state index contributed by atoms with van der Waals surface area (Å²) in [5, 5.41) is 0. The molecule has 0 aliphatic carbocycles. The Hall–Kier alpha value is -1.60. The zero-order valence-electron chi connectivity index (χ0n) is 14.7. The highest BCUT2D eigenvalue weighted by Gasteiger charge is 2.21. The average Bonchev–Trinajstić information content (AvgIpc) is 2.85. The Morgan fingerprint density at radius 3 is 2.61 bits per heavy atom. The van der Waals surface area contributed by atoms with E-state index in [0.29, 0.717) is 17.3 Å². The van der Waals surface area contributed by atoms with Crippen LogP contribution in [-0.4, -0.2) is 52.8 Å². The standard InChI is InChI=1S/C16H30N6O/c1-5-12(21-6-8-23-9-7-21)20-14(17)13-15(18)22(11-19-13)10-16(2,3)4/h11-12H,5-10,18H2,1-4H3,(H2,17,20). The monoisotopic (exact) mass is 322 g/mol. The van der Waals surface area contributed by atoms with E-state index in [4.69, 9.17) is 16.2 Å². The third-order valence-electron chi connectivity index (χ3n) is 3.89. The topological polar surface area (TPSA) is 94.7 Å². The van der Waals surface area contributed by atoms with Crippen molar-refractivity contribution in [2.75, 3.05) is 32.0 Å². The number of ether oxygens (including phenoxy) is 1. The Balaban J connectivity index is 2.16. The lowest BCUT2D eigenvalue weighted by Gasteiger charge is -2.31. The zero-order chi connectivity index (χ0) is 17.0. The second-order valence-electron chi connectivity index (χ2n) is 7.22. The second-order valence-corrected chi connectivity index (χ2v) is 7.22. The number of imidazole rings is 1. The van der Waals surface area contributed by atoms with Crippen molar-refractivity contribution in [3.05, 3.63) is 12.0 Å². The summed E-state index contributed by atoms with van der Waals surface area (Å²) in [7, 11) is 0. The fourth-order valence-corrected chi connectivity index (χ4v) is 2.75. The van der Waals surface area contributed by atoms with Crippen molar-refractivity contribution in [2.24, 2.45) is 16.1 Å². The molecule has 7 nitrogen and oxygen atoms in total. The number of hydrogen-bond donors (Lipinski definition) is 2. The van der Waals surface area contributed by atoms with Crippen molar-refractivity contribution < 1.29 is 4.74 Å². The van der Waals surface area contributed by atoms with E-state index in [-0.39, 0.29) is 11.6 Å². The number of aliphatic imine (C=N–C) groups is 1. The van der Waals surface area contributed by atoms with E-state index >= 15 is 0 Å². The fraction of sp³-hybridized carbons (Fsp3) is 0.750. The first-order valence-corrected chi connectivity index (χ1v) is 8.28. The number of hydrogen-bond acceptors (Lipinski definition) is 5. The summed E-state index contributed by atoms with van der Waals surface area (Å²) < 4.78 is 7.33. The van der Waals surface area contributed by atoms with Gasteiger partial charge in [0.05, 0.1) is 19.5 Å². The summed E-state index contributed by atoms with van der Waals surface area (Å²) in [6.45, 7) is 12.6. The molecule has 0 bridgehead atoms. The molecule has 0 radical (unpaired) electrons. The average molecular weight is 322 g/mol. The van der Waals surface area contributed by atoms with E-state index in [1.165, 1.54) is 0 Å². The molecule has 1 unspecified atom stereocenters. The third-order valence-corrected chi connectivity index (χ3v) is 3.89. The van der Waals surface area contributed by atoms with Gasteiger partial charge in [0.1, 0.15) is 23.5 Å². The smallest absolute Gasteiger partial charge is 0.150 e. The van der Waals surface area contributed by atoms with Crippen LogP contribution >= 0.6 is 0 Å². The summed E-state index contributed by atoms with van der Waals surface area (Å²) in [5.41, 5.74) is 13.1. The minimum absolute atomic E-state index is 0.0473. The van der Waals surface area contributed by atoms with Gasteiger partial charge in [-0.3, -0.25) is 4.90 Å². The number of rotatable bonds is 5. The van der Waals surface area contributed by atoms with Crippen molar-refractivity contribution in [2.45, 2.75) is 46.8 Å². The number of nitrogens with zero attached hydrogens (tertiary/aromatic N) is 4. The van der Waals surface area contributed by atoms with Gasteiger partial charge in [-0.25, -0.2) is 9.98 Å². The van der Waals surface area contributed by atoms with Crippen molar-refractivity contribution in [3.8, 4) is 0 Å². The molecule has 4 N–H and O–H groups in total. The van der Waals surface area contributed by atoms with Gasteiger partial charge in [-0.2, -0.15) is 0 Å². The molecule has 0 saturated carbocycles. The molecule has 2 rings (SSSR count). The molecule has 23 heavy (non-hydrogen) atoms. The number of amidine groups is 1. The summed E-state index contributed by atoms with van der Waals surface area (Å²) >= 11 is 0. The number of nitrogens with two attached hydrogens (primary N) is 2. The van der Waals surface area contributed by atoms with E-state index < -0.39 is 0 Å². The summed E-state index contributed by atoms with van der Waals surface area (Å²) in [6.07, 6.45) is 2.68. The molecular weight excluding hydrogens is 292 g/mol. The van der Waals surface area contributed by atoms with Crippen LogP contribution in [0.15, 0.2) is 11.3 Å². The highest BCUT2D eigenvalue weighted by Crippen LogP contribution is 2.20. The highest BCUT2D eigenvalue weighted by atomic mass is 16.5. The Morgan fingerprint density at radius 1 is 1.39 bits per heavy atom. The first-order valence-electron chi connectivity index (χ1n) is 8.28. The van der Waals surface area contributed by atoms with Gasteiger partial charge in [0, 0.05) is 19.6 Å². The Morgan fingerprint density at radius 2 is 2.04 bits per heavy atom. The van der Waals surface area contributed by atoms with E-state index in [2.05, 4.69) is 42.6 Å². The lowest BCUT2D eigenvalue weighted by Crippen LogP contribution is -2.43. The predicted octanol–water partition coefficient (Wildman–Crippen LogP) is 1.29. The molecule has 7 heteroatoms. The van der Waals surface area contributed by atoms with Gasteiger partial charge in [0.2, 0.25) is 0 Å². The molecule has 0 spiro atoms. The number of aromatic nitrogens is 2. The largest absolute Gasteiger partial charge is 0.383 e. The SMILES string of the molecule is CCC(/N=C(/N)c1ncn(CC(C)(C)C)c1N)N1CCOCC1. The second kappa shape index (κ2) is 7.31. The van der Waals surface area contributed by atoms with Crippen LogP contribution in [0.1, 0.15) is 39.8 Å². The van der Waals surface area contributed by atoms with Crippen LogP contribution in [0.25, 0.3) is 0 Å². The first kappa shape index (κ1) is 17.7. The van der Waals surface area contributed by atoms with Gasteiger partial charge in [-0.15, -0.1) is 0 Å². The highest BCUT2D eigenvalue weighted by molar-refractivity contribution is 5.99. The number of anilines is 1. The molecule has 1 aliphatic rings. The molecular formula is C16H30N6O. The van der Waals surface area contributed by atoms with Crippen LogP contribution in [0.5, 0.6) is 0 Å². The number of morpholine rings is 1. The Kier molecular flexibility index (Phi) is 5.64. The maximum absolute atomic E-state index is 6.21. The van der Waals surface area contributed by atoms with Gasteiger partial charge >= 0.3 is 0 Å². The van der Waals surface area contributed by atoms with E-state index in [1.54, 1.807) is 6.33 Å². The van der Waals surface area contributed by atoms with Gasteiger partial charge in [-0.05, 0) is 11.8 Å². The van der Waals surface area contributed by atoms with Crippen LogP contribution in [0.4, 0.5) is 5.82 Å². The summed E-state index contributed by atoms with van der Waals surface area (Å²) in [4.78, 5) is 11.3. The molecule has 130 valence electrons. The lowest BCUT2D eigenvalue weighted by atomic mass is 9.97. The predicted molar refractivity (Wildman–Crippen MR) is 93.3 cm³/mol. The normalized spacial score (nSPS) is 19.0. The van der Waals surface area contributed by atoms with Crippen LogP contribution in [0.3, 0.4) is 0 Å². The molecule has 1 aromatic rings. The molecule has 0 amide bonds. The molecule has 1 saturated heterocycles. The zero-order valence-corrected chi connectivity index (χ0v) is 14.7. The van der Waals surface area contributed by atoms with E-state index in [9.17, 15) is 0 Å². The minimum Gasteiger partial charge on any atom is -0.383 e. The van der Waals surface area contributed by atoms with Crippen molar-refractivity contribution >= 4 is 11.7 Å². The first-order chi connectivity index (χ1) is 10.8.